The zero-order chi connectivity index (χ0) is 28.1. The number of fused-ring (bicyclic) bond motifs is 1. The van der Waals surface area contributed by atoms with Gasteiger partial charge in [-0.05, 0) is 54.3 Å². The first-order valence-corrected chi connectivity index (χ1v) is 14.0. The molecule has 0 bridgehead atoms. The number of piperazine rings is 1. The van der Waals surface area contributed by atoms with Gasteiger partial charge in [0, 0.05) is 69.0 Å². The predicted octanol–water partition coefficient (Wildman–Crippen LogP) is 4.29. The molecule has 2 N–H and O–H groups in total. The van der Waals surface area contributed by atoms with E-state index in [4.69, 9.17) is 0 Å². The molecule has 5 rings (SSSR count). The van der Waals surface area contributed by atoms with Gasteiger partial charge in [-0.3, -0.25) is 14.5 Å². The molecule has 1 aliphatic heterocycles. The Bertz CT molecular complexity index is 1460. The molecule has 1 fully saturated rings. The number of rotatable bonds is 9. The second-order valence-corrected chi connectivity index (χ2v) is 10.9. The molecular weight excluding hydrogens is 498 g/mol. The van der Waals surface area contributed by atoms with E-state index in [0.717, 1.165) is 48.2 Å². The molecule has 0 spiro atoms. The number of aromatic amines is 1. The zero-order valence-electron chi connectivity index (χ0n) is 23.7. The number of anilines is 1. The van der Waals surface area contributed by atoms with Crippen LogP contribution in [-0.2, 0) is 22.6 Å². The van der Waals surface area contributed by atoms with Crippen LogP contribution in [0.4, 0.5) is 5.69 Å². The largest absolute Gasteiger partial charge is 0.369 e. The number of aromatic nitrogens is 1. The number of H-pyrrole nitrogens is 1. The summed E-state index contributed by atoms with van der Waals surface area (Å²) in [5.41, 5.74) is 6.76. The molecule has 0 aliphatic carbocycles. The van der Waals surface area contributed by atoms with Gasteiger partial charge in [-0.15, -0.1) is 0 Å². The van der Waals surface area contributed by atoms with Gasteiger partial charge in [-0.1, -0.05) is 54.6 Å². The fourth-order valence-corrected chi connectivity index (χ4v) is 5.49. The van der Waals surface area contributed by atoms with E-state index in [2.05, 4.69) is 82.5 Å². The van der Waals surface area contributed by atoms with Gasteiger partial charge in [0.15, 0.2) is 0 Å². The second-order valence-electron chi connectivity index (χ2n) is 10.9. The Morgan fingerprint density at radius 1 is 0.925 bits per heavy atom. The number of hydrogen-bond donors (Lipinski definition) is 2. The summed E-state index contributed by atoms with van der Waals surface area (Å²) >= 11 is 0. The Morgan fingerprint density at radius 2 is 1.65 bits per heavy atom. The fourth-order valence-electron chi connectivity index (χ4n) is 5.49. The minimum absolute atomic E-state index is 0.0919. The first kappa shape index (κ1) is 27.5. The molecular formula is C33H39N5O2. The number of nitrogens with zero attached hydrogens (tertiary/aromatic N) is 3. The number of likely N-dealkylation sites (N-methyl/N-ethyl adjacent to an activating group) is 1. The number of nitrogens with one attached hydrogen (secondary N) is 2. The maximum atomic E-state index is 13.8. The monoisotopic (exact) mass is 537 g/mol. The highest BCUT2D eigenvalue weighted by atomic mass is 16.2. The van der Waals surface area contributed by atoms with Crippen LogP contribution in [0, 0.1) is 13.8 Å². The maximum absolute atomic E-state index is 13.8. The average Bonchev–Trinajstić information content (AvgIpc) is 3.38. The third kappa shape index (κ3) is 6.54. The van der Waals surface area contributed by atoms with Gasteiger partial charge >= 0.3 is 0 Å². The molecule has 7 heteroatoms. The molecule has 2 heterocycles. The maximum Gasteiger partial charge on any atom is 0.245 e. The summed E-state index contributed by atoms with van der Waals surface area (Å²) < 4.78 is 0. The van der Waals surface area contributed by atoms with Crippen LogP contribution in [0.2, 0.25) is 0 Å². The van der Waals surface area contributed by atoms with E-state index in [9.17, 15) is 9.59 Å². The van der Waals surface area contributed by atoms with Crippen LogP contribution in [0.15, 0.2) is 79.0 Å². The summed E-state index contributed by atoms with van der Waals surface area (Å²) in [6, 6.07) is 24.1. The second kappa shape index (κ2) is 12.4. The lowest BCUT2D eigenvalue weighted by molar-refractivity contribution is -0.136. The highest BCUT2D eigenvalue weighted by Gasteiger charge is 2.27. The van der Waals surface area contributed by atoms with Crippen LogP contribution < -0.4 is 10.2 Å². The molecule has 0 saturated carbocycles. The quantitative estimate of drug-likeness (QED) is 0.334. The van der Waals surface area contributed by atoms with Gasteiger partial charge in [0.1, 0.15) is 6.04 Å². The Balaban J connectivity index is 1.26. The Kier molecular flexibility index (Phi) is 8.51. The molecule has 2 amide bonds. The van der Waals surface area contributed by atoms with E-state index in [1.54, 1.807) is 4.90 Å². The van der Waals surface area contributed by atoms with Gasteiger partial charge < -0.3 is 20.1 Å². The van der Waals surface area contributed by atoms with Crippen molar-refractivity contribution in [1.29, 1.82) is 0 Å². The predicted molar refractivity (Wildman–Crippen MR) is 161 cm³/mol. The first-order valence-electron chi connectivity index (χ1n) is 14.0. The number of para-hydroxylation sites is 2. The van der Waals surface area contributed by atoms with Crippen molar-refractivity contribution in [2.75, 3.05) is 44.7 Å². The molecule has 7 nitrogen and oxygen atoms in total. The first-order chi connectivity index (χ1) is 19.4. The number of hydrogen-bond acceptors (Lipinski definition) is 4. The Hall–Kier alpha value is -4.10. The Morgan fingerprint density at radius 3 is 2.40 bits per heavy atom. The summed E-state index contributed by atoms with van der Waals surface area (Å²) in [5.74, 6) is -0.211. The minimum atomic E-state index is -0.658. The van der Waals surface area contributed by atoms with Crippen LogP contribution in [0.1, 0.15) is 22.3 Å². The van der Waals surface area contributed by atoms with E-state index >= 15 is 0 Å². The molecule has 208 valence electrons. The van der Waals surface area contributed by atoms with Gasteiger partial charge in [-0.2, -0.15) is 0 Å². The number of carbonyl (C=O) groups excluding carboxylic acids is 2. The molecule has 1 saturated heterocycles. The van der Waals surface area contributed by atoms with Crippen LogP contribution in [-0.4, -0.2) is 72.4 Å². The molecule has 0 radical (unpaired) electrons. The lowest BCUT2D eigenvalue weighted by atomic mass is 10.0. The minimum Gasteiger partial charge on any atom is -0.369 e. The summed E-state index contributed by atoms with van der Waals surface area (Å²) in [6.07, 6.45) is 2.37. The van der Waals surface area contributed by atoms with E-state index in [-0.39, 0.29) is 18.4 Å². The van der Waals surface area contributed by atoms with Gasteiger partial charge in [0.25, 0.3) is 0 Å². The summed E-state index contributed by atoms with van der Waals surface area (Å²) in [6.45, 7) is 8.28. The molecule has 1 aliphatic rings. The zero-order valence-corrected chi connectivity index (χ0v) is 23.7. The normalized spacial score (nSPS) is 14.7. The van der Waals surface area contributed by atoms with Crippen molar-refractivity contribution in [3.05, 3.63) is 101 Å². The van der Waals surface area contributed by atoms with E-state index in [1.165, 1.54) is 16.8 Å². The lowest BCUT2D eigenvalue weighted by Crippen LogP contribution is -2.53. The van der Waals surface area contributed by atoms with Crippen molar-refractivity contribution in [3.8, 4) is 0 Å². The summed E-state index contributed by atoms with van der Waals surface area (Å²) in [5, 5.41) is 4.17. The molecule has 1 atom stereocenters. The fraction of sp³-hybridized carbons (Fsp3) is 0.333. The number of amides is 2. The van der Waals surface area contributed by atoms with E-state index in [1.807, 2.05) is 37.5 Å². The SMILES string of the molecule is Cc1ccc(CN(C)C(=O)C(Cc2c[nH]c3ccccc23)NC(=O)CN2CCN(c3ccccc3)CC2)cc1C. The van der Waals surface area contributed by atoms with E-state index < -0.39 is 6.04 Å². The molecule has 3 aromatic carbocycles. The van der Waals surface area contributed by atoms with Crippen LogP contribution in [0.3, 0.4) is 0 Å². The number of aryl methyl sites for hydroxylation is 2. The highest BCUT2D eigenvalue weighted by molar-refractivity contribution is 5.90. The molecule has 4 aromatic rings. The topological polar surface area (TPSA) is 71.7 Å². The molecule has 1 unspecified atom stereocenters. The van der Waals surface area contributed by atoms with Crippen molar-refractivity contribution >= 4 is 28.4 Å². The smallest absolute Gasteiger partial charge is 0.245 e. The standard InChI is InChI=1S/C33H39N5O2/c1-24-13-14-26(19-25(24)2)22-36(3)33(40)31(20-27-21-34-30-12-8-7-11-29(27)30)35-32(39)23-37-15-17-38(18-16-37)28-9-5-4-6-10-28/h4-14,19,21,31,34H,15-18,20,22-23H2,1-3H3,(H,35,39). The van der Waals surface area contributed by atoms with Crippen LogP contribution in [0.25, 0.3) is 10.9 Å². The van der Waals surface area contributed by atoms with Gasteiger partial charge in [0.2, 0.25) is 11.8 Å². The highest BCUT2D eigenvalue weighted by Crippen LogP contribution is 2.20. The third-order valence-electron chi connectivity index (χ3n) is 7.96. The summed E-state index contributed by atoms with van der Waals surface area (Å²) in [4.78, 5) is 36.6. The van der Waals surface area contributed by atoms with Crippen LogP contribution >= 0.6 is 0 Å². The van der Waals surface area contributed by atoms with E-state index in [0.29, 0.717) is 13.0 Å². The van der Waals surface area contributed by atoms with Crippen molar-refractivity contribution in [3.63, 3.8) is 0 Å². The number of benzene rings is 3. The lowest BCUT2D eigenvalue weighted by Gasteiger charge is -2.36. The van der Waals surface area contributed by atoms with Crippen LogP contribution in [0.5, 0.6) is 0 Å². The molecule has 1 aromatic heterocycles. The van der Waals surface area contributed by atoms with Crippen molar-refractivity contribution in [1.82, 2.24) is 20.1 Å². The van der Waals surface area contributed by atoms with Gasteiger partial charge in [-0.25, -0.2) is 0 Å². The number of carbonyl (C=O) groups is 2. The van der Waals surface area contributed by atoms with Gasteiger partial charge in [0.05, 0.1) is 6.54 Å². The van der Waals surface area contributed by atoms with Crippen molar-refractivity contribution in [2.45, 2.75) is 32.9 Å². The third-order valence-corrected chi connectivity index (χ3v) is 7.96. The Labute approximate surface area is 236 Å². The average molecular weight is 538 g/mol. The molecule has 40 heavy (non-hydrogen) atoms. The van der Waals surface area contributed by atoms with Crippen molar-refractivity contribution in [2.24, 2.45) is 0 Å². The van der Waals surface area contributed by atoms with Crippen molar-refractivity contribution < 1.29 is 9.59 Å². The summed E-state index contributed by atoms with van der Waals surface area (Å²) in [7, 11) is 1.81.